The molecule has 0 aliphatic carbocycles. The molecule has 0 saturated carbocycles. The molecule has 1 N–H and O–H groups in total. The Morgan fingerprint density at radius 1 is 1.30 bits per heavy atom. The van der Waals surface area contributed by atoms with Gasteiger partial charge >= 0.3 is 0 Å². The molecule has 3 fully saturated rings. The van der Waals surface area contributed by atoms with Gasteiger partial charge in [0.05, 0.1) is 5.92 Å². The summed E-state index contributed by atoms with van der Waals surface area (Å²) in [5.74, 6) is 2.38. The highest BCUT2D eigenvalue weighted by atomic mass is 32.2. The number of thioether (sulfide) groups is 1. The van der Waals surface area contributed by atoms with Crippen molar-refractivity contribution in [2.75, 3.05) is 37.7 Å². The van der Waals surface area contributed by atoms with Crippen LogP contribution in [0, 0.1) is 5.92 Å². The smallest absolute Gasteiger partial charge is 0.225 e. The molecule has 6 heteroatoms. The second-order valence-electron chi connectivity index (χ2n) is 7.02. The van der Waals surface area contributed by atoms with E-state index in [1.54, 1.807) is 0 Å². The molecule has 3 aliphatic heterocycles. The quantitative estimate of drug-likeness (QED) is 0.821. The van der Waals surface area contributed by atoms with E-state index < -0.39 is 0 Å². The predicted molar refractivity (Wildman–Crippen MR) is 93.4 cm³/mol. The molecule has 0 aromatic rings. The number of nitrogens with one attached hydrogen (secondary N) is 1. The van der Waals surface area contributed by atoms with Crippen molar-refractivity contribution in [2.45, 2.75) is 51.1 Å². The van der Waals surface area contributed by atoms with Crippen LogP contribution in [0.1, 0.15) is 39.0 Å². The lowest BCUT2D eigenvalue weighted by molar-refractivity contribution is -0.129. The van der Waals surface area contributed by atoms with Crippen molar-refractivity contribution in [3.05, 3.63) is 0 Å². The van der Waals surface area contributed by atoms with Gasteiger partial charge in [0.15, 0.2) is 0 Å². The summed E-state index contributed by atoms with van der Waals surface area (Å²) in [5, 5.41) is 3.17. The molecule has 3 rings (SSSR count). The van der Waals surface area contributed by atoms with Crippen LogP contribution in [0.15, 0.2) is 0 Å². The third-order valence-electron chi connectivity index (χ3n) is 5.49. The van der Waals surface area contributed by atoms with E-state index in [9.17, 15) is 9.59 Å². The van der Waals surface area contributed by atoms with Gasteiger partial charge in [-0.2, -0.15) is 11.8 Å². The maximum Gasteiger partial charge on any atom is 0.225 e. The lowest BCUT2D eigenvalue weighted by atomic mass is 10.1. The van der Waals surface area contributed by atoms with E-state index in [2.05, 4.69) is 17.1 Å². The van der Waals surface area contributed by atoms with Crippen LogP contribution in [0.3, 0.4) is 0 Å². The number of hydrogen-bond acceptors (Lipinski definition) is 4. The van der Waals surface area contributed by atoms with E-state index >= 15 is 0 Å². The Labute approximate surface area is 143 Å². The summed E-state index contributed by atoms with van der Waals surface area (Å²) in [6.07, 6.45) is 4.92. The number of carbonyl (C=O) groups excluding carboxylic acids is 2. The summed E-state index contributed by atoms with van der Waals surface area (Å²) >= 11 is 1.96. The zero-order chi connectivity index (χ0) is 16.2. The number of rotatable bonds is 5. The molecule has 2 unspecified atom stereocenters. The lowest BCUT2D eigenvalue weighted by Gasteiger charge is -2.28. The molecule has 0 aromatic heterocycles. The molecule has 3 aliphatic rings. The van der Waals surface area contributed by atoms with Gasteiger partial charge < -0.3 is 10.2 Å². The Bertz CT molecular complexity index is 440. The van der Waals surface area contributed by atoms with Gasteiger partial charge in [-0.25, -0.2) is 0 Å². The Kier molecular flexibility index (Phi) is 5.85. The summed E-state index contributed by atoms with van der Waals surface area (Å²) in [6.45, 7) is 5.79. The molecule has 2 atom stereocenters. The molecule has 0 bridgehead atoms. The van der Waals surface area contributed by atoms with E-state index in [0.29, 0.717) is 25.0 Å². The fourth-order valence-corrected chi connectivity index (χ4v) is 5.16. The zero-order valence-electron chi connectivity index (χ0n) is 14.1. The molecule has 0 radical (unpaired) electrons. The van der Waals surface area contributed by atoms with E-state index in [1.807, 2.05) is 16.7 Å². The van der Waals surface area contributed by atoms with Gasteiger partial charge in [0.2, 0.25) is 11.8 Å². The molecule has 0 spiro atoms. The second-order valence-corrected chi connectivity index (χ2v) is 8.24. The maximum atomic E-state index is 12.5. The standard InChI is InChI=1S/C17H29N3O2S/c1-2-19-7-3-4-15(19)12-20-11-13(10-16(20)21)17(22)18-14-5-8-23-9-6-14/h13-15H,2-12H2,1H3,(H,18,22). The van der Waals surface area contributed by atoms with Crippen molar-refractivity contribution in [3.63, 3.8) is 0 Å². The van der Waals surface area contributed by atoms with Crippen LogP contribution < -0.4 is 5.32 Å². The van der Waals surface area contributed by atoms with Gasteiger partial charge in [-0.3, -0.25) is 14.5 Å². The molecular formula is C17H29N3O2S. The van der Waals surface area contributed by atoms with Gasteiger partial charge in [-0.05, 0) is 50.3 Å². The first-order chi connectivity index (χ1) is 11.2. The van der Waals surface area contributed by atoms with Crippen LogP contribution in [-0.2, 0) is 9.59 Å². The first-order valence-electron chi connectivity index (χ1n) is 9.07. The molecule has 3 saturated heterocycles. The van der Waals surface area contributed by atoms with Gasteiger partial charge in [-0.1, -0.05) is 6.92 Å². The fourth-order valence-electron chi connectivity index (χ4n) is 4.06. The van der Waals surface area contributed by atoms with Crippen LogP contribution in [0.25, 0.3) is 0 Å². The van der Waals surface area contributed by atoms with Crippen LogP contribution in [-0.4, -0.2) is 71.4 Å². The van der Waals surface area contributed by atoms with Crippen molar-refractivity contribution in [1.82, 2.24) is 15.1 Å². The zero-order valence-corrected chi connectivity index (χ0v) is 14.9. The molecule has 3 heterocycles. The highest BCUT2D eigenvalue weighted by Gasteiger charge is 2.37. The van der Waals surface area contributed by atoms with Gasteiger partial charge in [0.1, 0.15) is 0 Å². The molecular weight excluding hydrogens is 310 g/mol. The normalized spacial score (nSPS) is 30.1. The maximum absolute atomic E-state index is 12.5. The Balaban J connectivity index is 1.49. The van der Waals surface area contributed by atoms with Crippen molar-refractivity contribution in [1.29, 1.82) is 0 Å². The molecule has 2 amide bonds. The minimum atomic E-state index is -0.145. The molecule has 130 valence electrons. The van der Waals surface area contributed by atoms with Gasteiger partial charge in [0.25, 0.3) is 0 Å². The van der Waals surface area contributed by atoms with E-state index in [-0.39, 0.29) is 17.7 Å². The number of likely N-dealkylation sites (N-methyl/N-ethyl adjacent to an activating group) is 1. The summed E-state index contributed by atoms with van der Waals surface area (Å²) < 4.78 is 0. The number of likely N-dealkylation sites (tertiary alicyclic amines) is 2. The van der Waals surface area contributed by atoms with Crippen molar-refractivity contribution in [3.8, 4) is 0 Å². The highest BCUT2D eigenvalue weighted by molar-refractivity contribution is 7.99. The SMILES string of the molecule is CCN1CCCC1CN1CC(C(=O)NC2CCSCC2)CC1=O. The molecule has 5 nitrogen and oxygen atoms in total. The van der Waals surface area contributed by atoms with E-state index in [4.69, 9.17) is 0 Å². The Morgan fingerprint density at radius 3 is 2.83 bits per heavy atom. The van der Waals surface area contributed by atoms with Crippen LogP contribution in [0.5, 0.6) is 0 Å². The van der Waals surface area contributed by atoms with Gasteiger partial charge in [-0.15, -0.1) is 0 Å². The van der Waals surface area contributed by atoms with Gasteiger partial charge in [0, 0.05) is 31.6 Å². The lowest BCUT2D eigenvalue weighted by Crippen LogP contribution is -2.43. The van der Waals surface area contributed by atoms with Crippen molar-refractivity contribution in [2.24, 2.45) is 5.92 Å². The van der Waals surface area contributed by atoms with Crippen molar-refractivity contribution < 1.29 is 9.59 Å². The molecule has 23 heavy (non-hydrogen) atoms. The third-order valence-corrected chi connectivity index (χ3v) is 6.54. The average Bonchev–Trinajstić information content (AvgIpc) is 3.15. The number of carbonyl (C=O) groups is 2. The summed E-state index contributed by atoms with van der Waals surface area (Å²) in [4.78, 5) is 29.1. The number of hydrogen-bond donors (Lipinski definition) is 1. The average molecular weight is 340 g/mol. The van der Waals surface area contributed by atoms with E-state index in [0.717, 1.165) is 44.0 Å². The van der Waals surface area contributed by atoms with E-state index in [1.165, 1.54) is 12.8 Å². The van der Waals surface area contributed by atoms with Crippen LogP contribution in [0.4, 0.5) is 0 Å². The predicted octanol–water partition coefficient (Wildman–Crippen LogP) is 1.33. The third kappa shape index (κ3) is 4.21. The Hall–Kier alpha value is -0.750. The summed E-state index contributed by atoms with van der Waals surface area (Å²) in [5.41, 5.74) is 0. The monoisotopic (exact) mass is 339 g/mol. The van der Waals surface area contributed by atoms with Crippen molar-refractivity contribution >= 4 is 23.6 Å². The summed E-state index contributed by atoms with van der Waals surface area (Å²) in [6, 6.07) is 0.805. The fraction of sp³-hybridized carbons (Fsp3) is 0.882. The van der Waals surface area contributed by atoms with Crippen LogP contribution in [0.2, 0.25) is 0 Å². The topological polar surface area (TPSA) is 52.6 Å². The minimum Gasteiger partial charge on any atom is -0.353 e. The highest BCUT2D eigenvalue weighted by Crippen LogP contribution is 2.24. The first-order valence-corrected chi connectivity index (χ1v) is 10.2. The Morgan fingerprint density at radius 2 is 2.09 bits per heavy atom. The van der Waals surface area contributed by atoms with Crippen LogP contribution >= 0.6 is 11.8 Å². The second kappa shape index (κ2) is 7.88. The minimum absolute atomic E-state index is 0.0940. The first kappa shape index (κ1) is 17.1. The molecule has 0 aromatic carbocycles. The number of nitrogens with zero attached hydrogens (tertiary/aromatic N) is 2. The largest absolute Gasteiger partial charge is 0.353 e. The summed E-state index contributed by atoms with van der Waals surface area (Å²) in [7, 11) is 0. The number of amides is 2.